The van der Waals surface area contributed by atoms with Gasteiger partial charge in [-0.05, 0) is 54.3 Å². The Bertz CT molecular complexity index is 1100. The number of nitrogens with one attached hydrogen (secondary N) is 1. The van der Waals surface area contributed by atoms with Crippen LogP contribution in [0.2, 0.25) is 0 Å². The first-order valence-corrected chi connectivity index (χ1v) is 9.57. The smallest absolute Gasteiger partial charge is 0.236 e. The Balaban J connectivity index is 0.00000218. The normalized spacial score (nSPS) is 15.8. The molecule has 1 aliphatic carbocycles. The van der Waals surface area contributed by atoms with Crippen LogP contribution in [-0.2, 0) is 16.8 Å². The van der Waals surface area contributed by atoms with Crippen molar-refractivity contribution in [2.75, 3.05) is 12.1 Å². The molecule has 6 heteroatoms. The quantitative estimate of drug-likeness (QED) is 0.691. The summed E-state index contributed by atoms with van der Waals surface area (Å²) >= 11 is 0. The summed E-state index contributed by atoms with van der Waals surface area (Å²) in [6.07, 6.45) is 1.58. The van der Waals surface area contributed by atoms with Gasteiger partial charge >= 0.3 is 0 Å². The third-order valence-electron chi connectivity index (χ3n) is 5.51. The van der Waals surface area contributed by atoms with Gasteiger partial charge in [0.15, 0.2) is 11.5 Å². The molecule has 29 heavy (non-hydrogen) atoms. The van der Waals surface area contributed by atoms with E-state index in [1.807, 2.05) is 54.6 Å². The number of benzene rings is 2. The lowest BCUT2D eigenvalue weighted by molar-refractivity contribution is -0.118. The number of nitrogens with zero attached hydrogens (tertiary/aromatic N) is 1. The maximum Gasteiger partial charge on any atom is 0.236 e. The fraction of sp³-hybridized carbons (Fsp3) is 0.217. The van der Waals surface area contributed by atoms with Crippen molar-refractivity contribution in [2.45, 2.75) is 24.9 Å². The lowest BCUT2D eigenvalue weighted by Crippen LogP contribution is -2.28. The minimum atomic E-state index is -0.546. The molecule has 0 bridgehead atoms. The Morgan fingerprint density at radius 1 is 1.07 bits per heavy atom. The van der Waals surface area contributed by atoms with Crippen LogP contribution in [0.4, 0.5) is 5.82 Å². The topological polar surface area (TPSA) is 80.7 Å². The van der Waals surface area contributed by atoms with Gasteiger partial charge in [-0.2, -0.15) is 0 Å². The van der Waals surface area contributed by atoms with Crippen LogP contribution in [0.5, 0.6) is 11.5 Å². The highest BCUT2D eigenvalue weighted by atomic mass is 16.7. The Morgan fingerprint density at radius 2 is 1.90 bits per heavy atom. The molecule has 2 N–H and O–H groups in total. The number of carbonyl (C=O) groups excluding carboxylic acids is 1. The van der Waals surface area contributed by atoms with E-state index in [9.17, 15) is 9.90 Å². The van der Waals surface area contributed by atoms with Gasteiger partial charge in [-0.3, -0.25) is 4.79 Å². The molecule has 6 nitrogen and oxygen atoms in total. The molecule has 0 radical (unpaired) electrons. The number of aromatic nitrogens is 1. The van der Waals surface area contributed by atoms with Gasteiger partial charge in [-0.15, -0.1) is 0 Å². The van der Waals surface area contributed by atoms with E-state index in [0.29, 0.717) is 17.3 Å². The highest BCUT2D eigenvalue weighted by Crippen LogP contribution is 2.51. The second kappa shape index (κ2) is 6.90. The third kappa shape index (κ3) is 3.21. The minimum absolute atomic E-state index is 0. The molecule has 1 aliphatic heterocycles. The maximum atomic E-state index is 13.1. The summed E-state index contributed by atoms with van der Waals surface area (Å²) in [5, 5.41) is 12.3. The van der Waals surface area contributed by atoms with E-state index in [4.69, 9.17) is 9.47 Å². The van der Waals surface area contributed by atoms with Crippen LogP contribution in [0, 0.1) is 0 Å². The second-order valence-electron chi connectivity index (χ2n) is 7.37. The van der Waals surface area contributed by atoms with Crippen molar-refractivity contribution < 1.29 is 20.8 Å². The molecule has 1 amide bonds. The largest absolute Gasteiger partial charge is 0.454 e. The van der Waals surface area contributed by atoms with Crippen LogP contribution in [0.3, 0.4) is 0 Å². The number of carbonyl (C=O) groups is 1. The SMILES string of the molecule is O=C(Nc1cccc(-c2cccc(CO)c2)n1)C1(c2ccc3c(c2)OCO3)CC1.[HH]. The summed E-state index contributed by atoms with van der Waals surface area (Å²) in [5.41, 5.74) is 2.84. The van der Waals surface area contributed by atoms with Crippen molar-refractivity contribution >= 4 is 11.7 Å². The molecule has 1 fully saturated rings. The molecule has 2 aromatic carbocycles. The summed E-state index contributed by atoms with van der Waals surface area (Å²) in [5.74, 6) is 1.84. The molecular weight excluding hydrogens is 368 g/mol. The highest BCUT2D eigenvalue weighted by Gasteiger charge is 2.51. The van der Waals surface area contributed by atoms with Gasteiger partial charge in [0.25, 0.3) is 0 Å². The van der Waals surface area contributed by atoms with Gasteiger partial charge in [-0.25, -0.2) is 4.98 Å². The average Bonchev–Trinajstić information content (AvgIpc) is 3.45. The Hall–Kier alpha value is -3.38. The molecule has 2 aliphatic rings. The number of rotatable bonds is 5. The summed E-state index contributed by atoms with van der Waals surface area (Å²) in [7, 11) is 0. The zero-order valence-electron chi connectivity index (χ0n) is 15.7. The first-order valence-electron chi connectivity index (χ1n) is 9.57. The van der Waals surface area contributed by atoms with E-state index in [-0.39, 0.29) is 20.7 Å². The van der Waals surface area contributed by atoms with Crippen LogP contribution in [0.1, 0.15) is 25.4 Å². The van der Waals surface area contributed by atoms with Crippen molar-refractivity contribution in [2.24, 2.45) is 0 Å². The third-order valence-corrected chi connectivity index (χ3v) is 5.51. The number of hydrogen-bond donors (Lipinski definition) is 2. The summed E-state index contributed by atoms with van der Waals surface area (Å²) in [6.45, 7) is 0.189. The number of aliphatic hydroxyl groups is 1. The van der Waals surface area contributed by atoms with Gasteiger partial charge in [0.2, 0.25) is 12.7 Å². The molecule has 0 atom stereocenters. The second-order valence-corrected chi connectivity index (χ2v) is 7.37. The van der Waals surface area contributed by atoms with E-state index in [1.165, 1.54) is 0 Å². The number of pyridine rings is 1. The monoisotopic (exact) mass is 390 g/mol. The maximum absolute atomic E-state index is 13.1. The molecule has 0 saturated heterocycles. The Labute approximate surface area is 169 Å². The Kier molecular flexibility index (Phi) is 4.21. The number of ether oxygens (including phenoxy) is 2. The predicted molar refractivity (Wildman–Crippen MR) is 110 cm³/mol. The molecule has 2 heterocycles. The predicted octanol–water partition coefficient (Wildman–Crippen LogP) is 3.89. The van der Waals surface area contributed by atoms with E-state index in [0.717, 1.165) is 35.2 Å². The van der Waals surface area contributed by atoms with E-state index in [1.54, 1.807) is 6.07 Å². The first-order chi connectivity index (χ1) is 14.2. The fourth-order valence-electron chi connectivity index (χ4n) is 3.70. The van der Waals surface area contributed by atoms with Gasteiger partial charge in [0.05, 0.1) is 17.7 Å². The summed E-state index contributed by atoms with van der Waals surface area (Å²) in [6, 6.07) is 18.8. The molecule has 1 saturated carbocycles. The summed E-state index contributed by atoms with van der Waals surface area (Å²) < 4.78 is 10.8. The zero-order chi connectivity index (χ0) is 19.8. The lowest BCUT2D eigenvalue weighted by Gasteiger charge is -2.16. The van der Waals surface area contributed by atoms with E-state index >= 15 is 0 Å². The minimum Gasteiger partial charge on any atom is -0.454 e. The van der Waals surface area contributed by atoms with Crippen LogP contribution in [0.25, 0.3) is 11.3 Å². The van der Waals surface area contributed by atoms with Crippen LogP contribution in [-0.4, -0.2) is 22.8 Å². The van der Waals surface area contributed by atoms with Crippen LogP contribution < -0.4 is 14.8 Å². The molecular formula is C23H22N2O4. The van der Waals surface area contributed by atoms with Crippen molar-refractivity contribution in [3.05, 3.63) is 71.8 Å². The molecule has 1 aromatic heterocycles. The zero-order valence-corrected chi connectivity index (χ0v) is 15.7. The van der Waals surface area contributed by atoms with Crippen molar-refractivity contribution in [3.8, 4) is 22.8 Å². The van der Waals surface area contributed by atoms with E-state index in [2.05, 4.69) is 10.3 Å². The average molecular weight is 390 g/mol. The van der Waals surface area contributed by atoms with Crippen molar-refractivity contribution in [1.29, 1.82) is 0 Å². The lowest BCUT2D eigenvalue weighted by atomic mass is 9.94. The van der Waals surface area contributed by atoms with Gasteiger partial charge in [0, 0.05) is 6.99 Å². The standard InChI is InChI=1S/C23H20N2O4.H2/c26-13-15-3-1-4-16(11-15)18-5-2-6-21(24-18)25-22(27)23(9-10-23)17-7-8-19-20(12-17)29-14-28-19;/h1-8,11-12,26H,9-10,13-14H2,(H,24,25,27);1H. The molecule has 3 aromatic rings. The molecule has 0 spiro atoms. The van der Waals surface area contributed by atoms with Crippen molar-refractivity contribution in [1.82, 2.24) is 4.98 Å². The number of anilines is 1. The van der Waals surface area contributed by atoms with Gasteiger partial charge < -0.3 is 19.9 Å². The summed E-state index contributed by atoms with van der Waals surface area (Å²) in [4.78, 5) is 17.7. The number of hydrogen-bond acceptors (Lipinski definition) is 5. The van der Waals surface area contributed by atoms with Gasteiger partial charge in [-0.1, -0.05) is 30.3 Å². The molecule has 148 valence electrons. The molecule has 5 rings (SSSR count). The van der Waals surface area contributed by atoms with Gasteiger partial charge in [0.1, 0.15) is 5.82 Å². The number of fused-ring (bicyclic) bond motifs is 1. The molecule has 0 unspecified atom stereocenters. The number of aliphatic hydroxyl groups excluding tert-OH is 1. The van der Waals surface area contributed by atoms with E-state index < -0.39 is 5.41 Å². The Morgan fingerprint density at radius 3 is 2.72 bits per heavy atom. The van der Waals surface area contributed by atoms with Crippen LogP contribution >= 0.6 is 0 Å². The number of amides is 1. The van der Waals surface area contributed by atoms with Crippen molar-refractivity contribution in [3.63, 3.8) is 0 Å². The highest BCUT2D eigenvalue weighted by molar-refractivity contribution is 6.01. The fourth-order valence-corrected chi connectivity index (χ4v) is 3.70. The first kappa shape index (κ1) is 17.7. The van der Waals surface area contributed by atoms with Crippen LogP contribution in [0.15, 0.2) is 60.7 Å².